The van der Waals surface area contributed by atoms with Crippen LogP contribution >= 0.6 is 27.5 Å². The van der Waals surface area contributed by atoms with E-state index in [1.165, 1.54) is 12.1 Å². The zero-order chi connectivity index (χ0) is 13.0. The third kappa shape index (κ3) is 4.12. The van der Waals surface area contributed by atoms with Gasteiger partial charge in [-0.2, -0.15) is 8.78 Å². The molecule has 0 saturated carbocycles. The summed E-state index contributed by atoms with van der Waals surface area (Å²) >= 11 is 8.98. The first-order valence-corrected chi connectivity index (χ1v) is 5.98. The van der Waals surface area contributed by atoms with Crippen molar-refractivity contribution in [1.82, 2.24) is 0 Å². The molecule has 1 aromatic rings. The Morgan fingerprint density at radius 1 is 1.47 bits per heavy atom. The molecule has 0 heterocycles. The van der Waals surface area contributed by atoms with Crippen LogP contribution in [-0.2, 0) is 16.5 Å². The first-order valence-electron chi connectivity index (χ1n) is 4.48. The summed E-state index contributed by atoms with van der Waals surface area (Å²) in [6, 6.07) is 2.63. The topological polar surface area (TPSA) is 46.5 Å². The Bertz CT molecular complexity index is 426. The number of hydrogen-bond acceptors (Lipinski definition) is 2. The number of hydrogen-bond donors (Lipinski definition) is 1. The number of rotatable bonds is 5. The number of halogens is 4. The highest BCUT2D eigenvalue weighted by Gasteiger charge is 2.15. The zero-order valence-electron chi connectivity index (χ0n) is 8.42. The van der Waals surface area contributed by atoms with E-state index in [0.717, 1.165) is 0 Å². The Balaban J connectivity index is 3.15. The van der Waals surface area contributed by atoms with E-state index in [2.05, 4.69) is 20.7 Å². The summed E-state index contributed by atoms with van der Waals surface area (Å²) in [4.78, 5) is 10.6. The lowest BCUT2D eigenvalue weighted by molar-refractivity contribution is -0.136. The second kappa shape index (κ2) is 6.16. The molecule has 0 fully saturated rings. The van der Waals surface area contributed by atoms with E-state index in [9.17, 15) is 13.6 Å². The van der Waals surface area contributed by atoms with Crippen molar-refractivity contribution >= 4 is 33.5 Å². The van der Waals surface area contributed by atoms with E-state index in [4.69, 9.17) is 16.7 Å². The van der Waals surface area contributed by atoms with Crippen LogP contribution < -0.4 is 4.74 Å². The minimum Gasteiger partial charge on any atom is -0.481 e. The molecule has 0 aliphatic rings. The Morgan fingerprint density at radius 2 is 2.12 bits per heavy atom. The molecule has 0 amide bonds. The monoisotopic (exact) mass is 328 g/mol. The van der Waals surface area contributed by atoms with Crippen LogP contribution in [0.3, 0.4) is 0 Å². The SMILES string of the molecule is O=C(O)Cc1cc(CBr)c(Cl)cc1OC(F)F. The van der Waals surface area contributed by atoms with Crippen LogP contribution in [0.25, 0.3) is 0 Å². The molecule has 0 bridgehead atoms. The van der Waals surface area contributed by atoms with Crippen LogP contribution in [-0.4, -0.2) is 17.7 Å². The normalized spacial score (nSPS) is 10.6. The minimum atomic E-state index is -3.02. The Kier molecular flexibility index (Phi) is 5.14. The van der Waals surface area contributed by atoms with Gasteiger partial charge in [-0.05, 0) is 17.7 Å². The number of carbonyl (C=O) groups is 1. The summed E-state index contributed by atoms with van der Waals surface area (Å²) in [7, 11) is 0. The van der Waals surface area contributed by atoms with Gasteiger partial charge >= 0.3 is 12.6 Å². The molecule has 0 aromatic heterocycles. The van der Waals surface area contributed by atoms with Crippen molar-refractivity contribution in [3.05, 3.63) is 28.3 Å². The van der Waals surface area contributed by atoms with Crippen LogP contribution in [0.1, 0.15) is 11.1 Å². The largest absolute Gasteiger partial charge is 0.481 e. The molecule has 0 spiro atoms. The number of carboxylic acids is 1. The Labute approximate surface area is 109 Å². The van der Waals surface area contributed by atoms with Crippen LogP contribution in [0, 0.1) is 0 Å². The predicted octanol–water partition coefficient (Wildman–Crippen LogP) is 3.46. The van der Waals surface area contributed by atoms with Crippen molar-refractivity contribution in [2.45, 2.75) is 18.4 Å². The van der Waals surface area contributed by atoms with Gasteiger partial charge < -0.3 is 9.84 Å². The number of carboxylic acid groups (broad SMARTS) is 1. The van der Waals surface area contributed by atoms with E-state index in [1.54, 1.807) is 0 Å². The van der Waals surface area contributed by atoms with Gasteiger partial charge in [-0.15, -0.1) is 0 Å². The first kappa shape index (κ1) is 14.2. The molecule has 1 aromatic carbocycles. The smallest absolute Gasteiger partial charge is 0.387 e. The van der Waals surface area contributed by atoms with Gasteiger partial charge in [-0.25, -0.2) is 0 Å². The fourth-order valence-corrected chi connectivity index (χ4v) is 2.11. The summed E-state index contributed by atoms with van der Waals surface area (Å²) in [5.41, 5.74) is 0.779. The highest BCUT2D eigenvalue weighted by molar-refractivity contribution is 9.08. The molecule has 0 aliphatic heterocycles. The van der Waals surface area contributed by atoms with Crippen molar-refractivity contribution in [2.75, 3.05) is 0 Å². The van der Waals surface area contributed by atoms with Gasteiger partial charge in [0, 0.05) is 15.9 Å². The highest BCUT2D eigenvalue weighted by Crippen LogP contribution is 2.30. The Hall–Kier alpha value is -0.880. The highest BCUT2D eigenvalue weighted by atomic mass is 79.9. The molecular formula is C10H8BrClF2O3. The average Bonchev–Trinajstić information content (AvgIpc) is 2.20. The summed E-state index contributed by atoms with van der Waals surface area (Å²) in [6.45, 7) is -3.02. The van der Waals surface area contributed by atoms with E-state index >= 15 is 0 Å². The molecule has 7 heteroatoms. The summed E-state index contributed by atoms with van der Waals surface area (Å²) in [5.74, 6) is -1.34. The van der Waals surface area contributed by atoms with Gasteiger partial charge in [-0.1, -0.05) is 27.5 Å². The van der Waals surface area contributed by atoms with E-state index in [0.29, 0.717) is 10.9 Å². The fraction of sp³-hybridized carbons (Fsp3) is 0.300. The second-order valence-electron chi connectivity index (χ2n) is 3.13. The molecule has 1 rings (SSSR count). The van der Waals surface area contributed by atoms with E-state index < -0.39 is 19.0 Å². The van der Waals surface area contributed by atoms with E-state index in [-0.39, 0.29) is 16.3 Å². The predicted molar refractivity (Wildman–Crippen MR) is 62.1 cm³/mol. The third-order valence-electron chi connectivity index (χ3n) is 1.93. The molecule has 0 saturated heterocycles. The minimum absolute atomic E-state index is 0.164. The van der Waals surface area contributed by atoms with Gasteiger partial charge in [0.15, 0.2) is 0 Å². The zero-order valence-corrected chi connectivity index (χ0v) is 10.8. The van der Waals surface area contributed by atoms with Gasteiger partial charge in [0.25, 0.3) is 0 Å². The maximum absolute atomic E-state index is 12.1. The van der Waals surface area contributed by atoms with Gasteiger partial charge in [0.05, 0.1) is 6.42 Å². The molecule has 0 radical (unpaired) electrons. The van der Waals surface area contributed by atoms with Crippen LogP contribution in [0.4, 0.5) is 8.78 Å². The quantitative estimate of drug-likeness (QED) is 0.842. The van der Waals surface area contributed by atoms with Crippen LogP contribution in [0.2, 0.25) is 5.02 Å². The third-order valence-corrected chi connectivity index (χ3v) is 2.89. The van der Waals surface area contributed by atoms with Crippen molar-refractivity contribution < 1.29 is 23.4 Å². The molecule has 1 N–H and O–H groups in total. The Morgan fingerprint density at radius 3 is 2.59 bits per heavy atom. The number of alkyl halides is 3. The molecular weight excluding hydrogens is 321 g/mol. The van der Waals surface area contributed by atoms with Crippen molar-refractivity contribution in [1.29, 1.82) is 0 Å². The number of aliphatic carboxylic acids is 1. The maximum Gasteiger partial charge on any atom is 0.387 e. The van der Waals surface area contributed by atoms with Crippen molar-refractivity contribution in [3.63, 3.8) is 0 Å². The summed E-state index contributed by atoms with van der Waals surface area (Å²) in [5, 5.41) is 9.31. The van der Waals surface area contributed by atoms with Gasteiger partial charge in [0.2, 0.25) is 0 Å². The lowest BCUT2D eigenvalue weighted by atomic mass is 10.1. The fourth-order valence-electron chi connectivity index (χ4n) is 1.26. The van der Waals surface area contributed by atoms with E-state index in [1.807, 2.05) is 0 Å². The standard InChI is InChI=1S/C10H8BrClF2O3/c11-4-6-1-5(2-9(15)16)8(3-7(6)12)17-10(13)14/h1,3,10H,2,4H2,(H,15,16). The molecule has 0 unspecified atom stereocenters. The lowest BCUT2D eigenvalue weighted by Gasteiger charge is -2.12. The van der Waals surface area contributed by atoms with Crippen LogP contribution in [0.5, 0.6) is 5.75 Å². The molecule has 94 valence electrons. The lowest BCUT2D eigenvalue weighted by Crippen LogP contribution is -2.08. The van der Waals surface area contributed by atoms with Crippen LogP contribution in [0.15, 0.2) is 12.1 Å². The molecule has 3 nitrogen and oxygen atoms in total. The second-order valence-corrected chi connectivity index (χ2v) is 4.10. The van der Waals surface area contributed by atoms with Crippen molar-refractivity contribution in [2.24, 2.45) is 0 Å². The van der Waals surface area contributed by atoms with Gasteiger partial charge in [0.1, 0.15) is 5.75 Å². The van der Waals surface area contributed by atoms with Crippen molar-refractivity contribution in [3.8, 4) is 5.75 Å². The maximum atomic E-state index is 12.1. The molecule has 17 heavy (non-hydrogen) atoms. The summed E-state index contributed by atoms with van der Waals surface area (Å²) < 4.78 is 28.5. The number of benzene rings is 1. The summed E-state index contributed by atoms with van der Waals surface area (Å²) in [6.07, 6.45) is -0.404. The first-order chi connectivity index (χ1) is 7.93. The average molecular weight is 330 g/mol. The molecule has 0 atom stereocenters. The number of ether oxygens (including phenoxy) is 1. The molecule has 0 aliphatic carbocycles. The van der Waals surface area contributed by atoms with Gasteiger partial charge in [-0.3, -0.25) is 4.79 Å².